The van der Waals surface area contributed by atoms with Gasteiger partial charge in [0, 0.05) is 0 Å². The van der Waals surface area contributed by atoms with E-state index < -0.39 is 0 Å². The van der Waals surface area contributed by atoms with Crippen LogP contribution in [-0.4, -0.2) is 12.1 Å². The largest absolute Gasteiger partial charge is 0.462 e. The summed E-state index contributed by atoms with van der Waals surface area (Å²) in [5, 5.41) is 0. The molecule has 0 aliphatic heterocycles. The fourth-order valence-electron chi connectivity index (χ4n) is 4.84. The highest BCUT2D eigenvalue weighted by atomic mass is 16.5. The molecule has 134 valence electrons. The van der Waals surface area contributed by atoms with Gasteiger partial charge in [0.25, 0.3) is 0 Å². The molecule has 0 radical (unpaired) electrons. The lowest BCUT2D eigenvalue weighted by Crippen LogP contribution is -2.37. The van der Waals surface area contributed by atoms with E-state index in [-0.39, 0.29) is 18.0 Å². The molecule has 0 N–H and O–H groups in total. The number of esters is 1. The van der Waals surface area contributed by atoms with E-state index in [1.165, 1.54) is 51.4 Å². The van der Waals surface area contributed by atoms with Crippen LogP contribution in [-0.2, 0) is 9.53 Å². The quantitative estimate of drug-likeness (QED) is 0.425. The van der Waals surface area contributed by atoms with E-state index in [1.807, 2.05) is 0 Å². The van der Waals surface area contributed by atoms with Crippen molar-refractivity contribution < 1.29 is 9.53 Å². The van der Waals surface area contributed by atoms with Gasteiger partial charge < -0.3 is 4.74 Å². The van der Waals surface area contributed by atoms with Crippen LogP contribution in [0, 0.1) is 29.6 Å². The van der Waals surface area contributed by atoms with E-state index in [4.69, 9.17) is 4.74 Å². The average molecular weight is 323 g/mol. The summed E-state index contributed by atoms with van der Waals surface area (Å²) < 4.78 is 6.12. The number of hydrogen-bond acceptors (Lipinski definition) is 2. The number of hydrogen-bond donors (Lipinski definition) is 0. The second-order valence-corrected chi connectivity index (χ2v) is 8.59. The lowest BCUT2D eigenvalue weighted by molar-refractivity contribution is -0.162. The Morgan fingerprint density at radius 2 is 1.91 bits per heavy atom. The van der Waals surface area contributed by atoms with Crippen LogP contribution in [0.1, 0.15) is 91.9 Å². The molecule has 5 atom stereocenters. The Morgan fingerprint density at radius 3 is 2.61 bits per heavy atom. The van der Waals surface area contributed by atoms with Gasteiger partial charge >= 0.3 is 5.97 Å². The van der Waals surface area contributed by atoms with E-state index in [1.54, 1.807) is 0 Å². The van der Waals surface area contributed by atoms with Crippen LogP contribution in [0.5, 0.6) is 0 Å². The van der Waals surface area contributed by atoms with E-state index in [9.17, 15) is 4.79 Å². The molecular weight excluding hydrogens is 284 g/mol. The molecule has 0 aromatic carbocycles. The first-order chi connectivity index (χ1) is 11.0. The molecule has 0 bridgehead atoms. The van der Waals surface area contributed by atoms with E-state index in [0.717, 1.165) is 12.8 Å². The van der Waals surface area contributed by atoms with Gasteiger partial charge in [-0.2, -0.15) is 0 Å². The third kappa shape index (κ3) is 5.22. The third-order valence-electron chi connectivity index (χ3n) is 6.37. The van der Waals surface area contributed by atoms with E-state index in [2.05, 4.69) is 27.7 Å². The zero-order valence-electron chi connectivity index (χ0n) is 15.9. The molecule has 2 aliphatic rings. The lowest BCUT2D eigenvalue weighted by atomic mass is 9.75. The van der Waals surface area contributed by atoms with Gasteiger partial charge in [0.05, 0.1) is 5.92 Å². The second kappa shape index (κ2) is 9.08. The molecule has 2 saturated carbocycles. The Bertz CT molecular complexity index is 363. The van der Waals surface area contributed by atoms with Gasteiger partial charge in [0.2, 0.25) is 0 Å². The van der Waals surface area contributed by atoms with Crippen molar-refractivity contribution in [2.24, 2.45) is 29.6 Å². The van der Waals surface area contributed by atoms with Gasteiger partial charge in [-0.05, 0) is 55.8 Å². The summed E-state index contributed by atoms with van der Waals surface area (Å²) in [6, 6.07) is 0. The van der Waals surface area contributed by atoms with Crippen molar-refractivity contribution in [1.29, 1.82) is 0 Å². The molecule has 0 aromatic rings. The Balaban J connectivity index is 1.90. The van der Waals surface area contributed by atoms with Crippen molar-refractivity contribution in [3.8, 4) is 0 Å². The maximum atomic E-state index is 12.8. The van der Waals surface area contributed by atoms with Crippen LogP contribution >= 0.6 is 0 Å². The Labute approximate surface area is 143 Å². The Morgan fingerprint density at radius 1 is 1.13 bits per heavy atom. The molecule has 0 aromatic heterocycles. The molecule has 23 heavy (non-hydrogen) atoms. The predicted octanol–water partition coefficient (Wildman–Crippen LogP) is 5.99. The standard InChI is InChI=1S/C21H38O2/c1-5-6-7-9-17-10-8-11-19(17)21(22)23-20-14-16(4)12-13-18(20)15(2)3/h15-20H,5-14H2,1-4H3/t16-,17+,18+,19?,20-/m1/s1. The minimum atomic E-state index is 0.133. The number of ether oxygens (including phenoxy) is 1. The molecule has 0 heterocycles. The highest BCUT2D eigenvalue weighted by Gasteiger charge is 2.38. The SMILES string of the molecule is CCCCC[C@H]1CCCC1C(=O)O[C@@H]1C[C@H](C)CC[C@H]1C(C)C. The highest BCUT2D eigenvalue weighted by molar-refractivity contribution is 5.73. The van der Waals surface area contributed by atoms with Crippen LogP contribution in [0.4, 0.5) is 0 Å². The Hall–Kier alpha value is -0.530. The minimum absolute atomic E-state index is 0.133. The van der Waals surface area contributed by atoms with Crippen LogP contribution in [0.3, 0.4) is 0 Å². The predicted molar refractivity (Wildman–Crippen MR) is 96.2 cm³/mol. The summed E-state index contributed by atoms with van der Waals surface area (Å²) in [5.41, 5.74) is 0. The Kier molecular flexibility index (Phi) is 7.43. The first-order valence-electron chi connectivity index (χ1n) is 10.2. The molecule has 0 spiro atoms. The fourth-order valence-corrected chi connectivity index (χ4v) is 4.84. The van der Waals surface area contributed by atoms with Crippen molar-refractivity contribution in [3.63, 3.8) is 0 Å². The van der Waals surface area contributed by atoms with Crippen LogP contribution in [0.25, 0.3) is 0 Å². The normalized spacial score (nSPS) is 34.7. The van der Waals surface area contributed by atoms with Gasteiger partial charge in [-0.1, -0.05) is 59.8 Å². The van der Waals surface area contributed by atoms with Crippen LogP contribution < -0.4 is 0 Å². The van der Waals surface area contributed by atoms with E-state index in [0.29, 0.717) is 23.7 Å². The highest BCUT2D eigenvalue weighted by Crippen LogP contribution is 2.39. The third-order valence-corrected chi connectivity index (χ3v) is 6.37. The number of unbranched alkanes of at least 4 members (excludes halogenated alkanes) is 2. The molecule has 2 rings (SSSR count). The molecule has 0 saturated heterocycles. The van der Waals surface area contributed by atoms with Crippen molar-refractivity contribution in [2.75, 3.05) is 0 Å². The van der Waals surface area contributed by atoms with Crippen molar-refractivity contribution in [1.82, 2.24) is 0 Å². The number of carbonyl (C=O) groups excluding carboxylic acids is 1. The van der Waals surface area contributed by atoms with Crippen molar-refractivity contribution >= 4 is 5.97 Å². The first-order valence-corrected chi connectivity index (χ1v) is 10.2. The smallest absolute Gasteiger partial charge is 0.309 e. The summed E-state index contributed by atoms with van der Waals surface area (Å²) in [5.74, 6) is 2.80. The van der Waals surface area contributed by atoms with Crippen LogP contribution in [0.2, 0.25) is 0 Å². The molecule has 1 unspecified atom stereocenters. The molecule has 2 aliphatic carbocycles. The van der Waals surface area contributed by atoms with Gasteiger partial charge in [0.15, 0.2) is 0 Å². The summed E-state index contributed by atoms with van der Waals surface area (Å²) in [7, 11) is 0. The van der Waals surface area contributed by atoms with Gasteiger partial charge in [-0.3, -0.25) is 4.79 Å². The summed E-state index contributed by atoms with van der Waals surface area (Å²) in [4.78, 5) is 12.8. The molecule has 2 fully saturated rings. The second-order valence-electron chi connectivity index (χ2n) is 8.59. The summed E-state index contributed by atoms with van der Waals surface area (Å²) in [6.45, 7) is 9.12. The first kappa shape index (κ1) is 18.8. The molecule has 2 heteroatoms. The molecular formula is C21H38O2. The minimum Gasteiger partial charge on any atom is -0.462 e. The van der Waals surface area contributed by atoms with Crippen molar-refractivity contribution in [3.05, 3.63) is 0 Å². The lowest BCUT2D eigenvalue weighted by Gasteiger charge is -2.37. The van der Waals surface area contributed by atoms with Crippen molar-refractivity contribution in [2.45, 2.75) is 98.0 Å². The number of rotatable bonds is 7. The van der Waals surface area contributed by atoms with Gasteiger partial charge in [-0.15, -0.1) is 0 Å². The number of carbonyl (C=O) groups is 1. The maximum Gasteiger partial charge on any atom is 0.309 e. The summed E-state index contributed by atoms with van der Waals surface area (Å²) in [6.07, 6.45) is 12.3. The fraction of sp³-hybridized carbons (Fsp3) is 0.952. The summed E-state index contributed by atoms with van der Waals surface area (Å²) >= 11 is 0. The van der Waals surface area contributed by atoms with Gasteiger partial charge in [0.1, 0.15) is 6.10 Å². The molecule has 0 amide bonds. The zero-order valence-corrected chi connectivity index (χ0v) is 15.9. The van der Waals surface area contributed by atoms with Gasteiger partial charge in [-0.25, -0.2) is 0 Å². The zero-order chi connectivity index (χ0) is 16.8. The molecule has 2 nitrogen and oxygen atoms in total. The van der Waals surface area contributed by atoms with E-state index >= 15 is 0 Å². The average Bonchev–Trinajstić information content (AvgIpc) is 2.96. The monoisotopic (exact) mass is 322 g/mol. The topological polar surface area (TPSA) is 26.3 Å². The maximum absolute atomic E-state index is 12.8. The van der Waals surface area contributed by atoms with Crippen LogP contribution in [0.15, 0.2) is 0 Å².